The molecule has 0 aliphatic rings. The molecule has 0 aliphatic heterocycles. The van der Waals surface area contributed by atoms with Crippen LogP contribution in [0.4, 0.5) is 17.6 Å². The first-order chi connectivity index (χ1) is 14.5. The highest BCUT2D eigenvalue weighted by Crippen LogP contribution is 2.22. The number of nitrogens with one attached hydrogen (secondary N) is 3. The Kier molecular flexibility index (Phi) is 7.28. The summed E-state index contributed by atoms with van der Waals surface area (Å²) in [6, 6.07) is 7.28. The van der Waals surface area contributed by atoms with E-state index in [0.29, 0.717) is 41.6 Å². The minimum atomic E-state index is -0.149. The largest absolute Gasteiger partial charge is 0.491 e. The molecule has 0 bridgehead atoms. The topological polar surface area (TPSA) is 118 Å². The van der Waals surface area contributed by atoms with Crippen molar-refractivity contribution in [2.45, 2.75) is 39.0 Å². The highest BCUT2D eigenvalue weighted by atomic mass is 32.2. The van der Waals surface area contributed by atoms with Crippen molar-refractivity contribution in [1.29, 1.82) is 0 Å². The summed E-state index contributed by atoms with van der Waals surface area (Å²) in [6.07, 6.45) is 0.102. The highest BCUT2D eigenvalue weighted by molar-refractivity contribution is 7.99. The van der Waals surface area contributed by atoms with Crippen LogP contribution in [0.25, 0.3) is 5.78 Å². The summed E-state index contributed by atoms with van der Waals surface area (Å²) in [5, 5.41) is 18.0. The maximum absolute atomic E-state index is 12.4. The summed E-state index contributed by atoms with van der Waals surface area (Å²) in [7, 11) is 0. The number of thioether (sulfide) groups is 1. The van der Waals surface area contributed by atoms with E-state index in [1.54, 1.807) is 4.40 Å². The smallest absolute Gasteiger partial charge is 0.261 e. The first kappa shape index (κ1) is 21.6. The first-order valence-electron chi connectivity index (χ1n) is 9.80. The van der Waals surface area contributed by atoms with Gasteiger partial charge in [-0.3, -0.25) is 4.79 Å². The average molecular weight is 431 g/mol. The predicted molar refractivity (Wildman–Crippen MR) is 118 cm³/mol. The Morgan fingerprint density at radius 1 is 1.10 bits per heavy atom. The number of carbonyl (C=O) groups excluding carboxylic acids is 1. The van der Waals surface area contributed by atoms with Crippen molar-refractivity contribution < 1.29 is 9.53 Å². The maximum Gasteiger partial charge on any atom is 0.261 e. The number of anilines is 3. The van der Waals surface area contributed by atoms with Crippen LogP contribution in [0.3, 0.4) is 0 Å². The summed E-state index contributed by atoms with van der Waals surface area (Å²) >= 11 is 1.27. The van der Waals surface area contributed by atoms with Gasteiger partial charge in [-0.05, 0) is 52.0 Å². The lowest BCUT2D eigenvalue weighted by Crippen LogP contribution is -2.15. The van der Waals surface area contributed by atoms with Gasteiger partial charge in [0.05, 0.1) is 11.9 Å². The molecule has 30 heavy (non-hydrogen) atoms. The Bertz CT molecular complexity index is 990. The minimum Gasteiger partial charge on any atom is -0.491 e. The fourth-order valence-electron chi connectivity index (χ4n) is 2.61. The molecule has 0 saturated carbocycles. The summed E-state index contributed by atoms with van der Waals surface area (Å²) in [5.74, 6) is 2.26. The number of carbonyl (C=O) groups is 1. The van der Waals surface area contributed by atoms with Gasteiger partial charge in [0.2, 0.25) is 17.8 Å². The number of fused-ring (bicyclic) bond motifs is 1. The minimum absolute atomic E-state index is 0.102. The third-order valence-electron chi connectivity index (χ3n) is 3.76. The van der Waals surface area contributed by atoms with Crippen molar-refractivity contribution in [3.63, 3.8) is 0 Å². The fraction of sp³-hybridized carbons (Fsp3) is 0.421. The average Bonchev–Trinajstić information content (AvgIpc) is 3.11. The van der Waals surface area contributed by atoms with Gasteiger partial charge >= 0.3 is 0 Å². The molecular weight excluding hydrogens is 404 g/mol. The molecule has 11 heteroatoms. The van der Waals surface area contributed by atoms with E-state index in [4.69, 9.17) is 4.74 Å². The van der Waals surface area contributed by atoms with Crippen molar-refractivity contribution in [3.8, 4) is 5.75 Å². The number of hydrogen-bond donors (Lipinski definition) is 3. The molecule has 0 unspecified atom stereocenters. The number of benzene rings is 1. The van der Waals surface area contributed by atoms with E-state index in [-0.39, 0.29) is 17.8 Å². The SMILES string of the molecule is CCNc1nc(NCC)n2c(SCC(=O)Nc3ccc(OC(C)C)cc3)nnc2n1. The lowest BCUT2D eigenvalue weighted by atomic mass is 10.3. The van der Waals surface area contributed by atoms with E-state index >= 15 is 0 Å². The second-order valence-electron chi connectivity index (χ2n) is 6.58. The number of aromatic nitrogens is 5. The van der Waals surface area contributed by atoms with Crippen molar-refractivity contribution in [1.82, 2.24) is 24.6 Å². The molecule has 0 spiro atoms. The Balaban J connectivity index is 1.67. The van der Waals surface area contributed by atoms with Crippen LogP contribution in [0, 0.1) is 0 Å². The van der Waals surface area contributed by atoms with Crippen molar-refractivity contribution in [3.05, 3.63) is 24.3 Å². The van der Waals surface area contributed by atoms with Gasteiger partial charge in [0.15, 0.2) is 5.16 Å². The van der Waals surface area contributed by atoms with Crippen LogP contribution in [-0.2, 0) is 4.79 Å². The molecule has 2 heterocycles. The summed E-state index contributed by atoms with van der Waals surface area (Å²) in [5.41, 5.74) is 0.703. The first-order valence-corrected chi connectivity index (χ1v) is 10.8. The number of amides is 1. The molecule has 1 aromatic carbocycles. The van der Waals surface area contributed by atoms with Gasteiger partial charge in [-0.25, -0.2) is 4.40 Å². The zero-order valence-electron chi connectivity index (χ0n) is 17.5. The fourth-order valence-corrected chi connectivity index (χ4v) is 3.34. The monoisotopic (exact) mass is 430 g/mol. The molecule has 0 saturated heterocycles. The van der Waals surface area contributed by atoms with Gasteiger partial charge < -0.3 is 20.7 Å². The highest BCUT2D eigenvalue weighted by Gasteiger charge is 2.16. The van der Waals surface area contributed by atoms with Crippen LogP contribution in [0.1, 0.15) is 27.7 Å². The van der Waals surface area contributed by atoms with Crippen LogP contribution < -0.4 is 20.7 Å². The Labute approximate surface area is 179 Å². The molecule has 0 fully saturated rings. The van der Waals surface area contributed by atoms with Crippen LogP contribution in [0.15, 0.2) is 29.4 Å². The number of nitrogens with zero attached hydrogens (tertiary/aromatic N) is 5. The van der Waals surface area contributed by atoms with E-state index in [9.17, 15) is 4.79 Å². The Morgan fingerprint density at radius 2 is 1.83 bits per heavy atom. The molecular formula is C19H26N8O2S. The Morgan fingerprint density at radius 3 is 2.50 bits per heavy atom. The van der Waals surface area contributed by atoms with E-state index in [1.165, 1.54) is 11.8 Å². The standard InChI is InChI=1S/C19H26N8O2S/c1-5-20-16-23-17(21-6-2)27-18(24-16)25-26-19(27)30-11-15(28)22-13-7-9-14(10-8-13)29-12(3)4/h7-10,12H,5-6,11H2,1-4H3,(H,22,28)(H2,20,21,23,24,25). The van der Waals surface area contributed by atoms with E-state index in [1.807, 2.05) is 52.0 Å². The molecule has 3 rings (SSSR count). The molecule has 1 amide bonds. The number of hydrogen-bond acceptors (Lipinski definition) is 9. The van der Waals surface area contributed by atoms with Crippen molar-refractivity contribution in [2.24, 2.45) is 0 Å². The lowest BCUT2D eigenvalue weighted by Gasteiger charge is -2.11. The van der Waals surface area contributed by atoms with Crippen LogP contribution in [0.2, 0.25) is 0 Å². The third-order valence-corrected chi connectivity index (χ3v) is 4.69. The number of rotatable bonds is 10. The molecule has 3 aromatic rings. The molecule has 0 aliphatic carbocycles. The van der Waals surface area contributed by atoms with Crippen LogP contribution >= 0.6 is 11.8 Å². The maximum atomic E-state index is 12.4. The third kappa shape index (κ3) is 5.50. The van der Waals surface area contributed by atoms with Crippen molar-refractivity contribution in [2.75, 3.05) is 34.8 Å². The zero-order valence-corrected chi connectivity index (χ0v) is 18.3. The lowest BCUT2D eigenvalue weighted by molar-refractivity contribution is -0.113. The van der Waals surface area contributed by atoms with Crippen LogP contribution in [0.5, 0.6) is 5.75 Å². The predicted octanol–water partition coefficient (Wildman–Crippen LogP) is 2.90. The molecule has 2 aromatic heterocycles. The second kappa shape index (κ2) is 10.1. The van der Waals surface area contributed by atoms with Gasteiger partial charge in [-0.1, -0.05) is 11.8 Å². The van der Waals surface area contributed by atoms with E-state index in [2.05, 4.69) is 36.1 Å². The summed E-state index contributed by atoms with van der Waals surface area (Å²) in [4.78, 5) is 21.2. The molecule has 0 radical (unpaired) electrons. The summed E-state index contributed by atoms with van der Waals surface area (Å²) in [6.45, 7) is 9.25. The molecule has 3 N–H and O–H groups in total. The number of ether oxygens (including phenoxy) is 1. The van der Waals surface area contributed by atoms with Crippen LogP contribution in [-0.4, -0.2) is 55.4 Å². The van der Waals surface area contributed by atoms with Gasteiger partial charge in [-0.15, -0.1) is 10.2 Å². The van der Waals surface area contributed by atoms with Gasteiger partial charge in [-0.2, -0.15) is 9.97 Å². The van der Waals surface area contributed by atoms with Crippen molar-refractivity contribution >= 4 is 41.0 Å². The van der Waals surface area contributed by atoms with Gasteiger partial charge in [0, 0.05) is 18.8 Å². The molecule has 160 valence electrons. The van der Waals surface area contributed by atoms with E-state index in [0.717, 1.165) is 5.75 Å². The van der Waals surface area contributed by atoms with Gasteiger partial charge in [0.25, 0.3) is 5.78 Å². The Hall–Kier alpha value is -3.08. The normalized spacial score (nSPS) is 11.0. The summed E-state index contributed by atoms with van der Waals surface area (Å²) < 4.78 is 7.32. The molecule has 0 atom stereocenters. The van der Waals surface area contributed by atoms with E-state index < -0.39 is 0 Å². The molecule has 10 nitrogen and oxygen atoms in total. The zero-order chi connectivity index (χ0) is 21.5. The quantitative estimate of drug-likeness (QED) is 0.417. The second-order valence-corrected chi connectivity index (χ2v) is 7.52. The van der Waals surface area contributed by atoms with Gasteiger partial charge in [0.1, 0.15) is 5.75 Å².